The number of amides is 1. The monoisotopic (exact) mass is 404 g/mol. The van der Waals surface area contributed by atoms with Gasteiger partial charge < -0.3 is 24.7 Å². The van der Waals surface area contributed by atoms with Gasteiger partial charge in [-0.2, -0.15) is 0 Å². The van der Waals surface area contributed by atoms with Crippen LogP contribution in [-0.4, -0.2) is 15.6 Å². The fourth-order valence-electron chi connectivity index (χ4n) is 3.93. The van der Waals surface area contributed by atoms with Crippen LogP contribution in [0, 0.1) is 5.21 Å². The summed E-state index contributed by atoms with van der Waals surface area (Å²) < 4.78 is 5.12. The standard InChI is InChI=1S/C23H22N3O4/c1-22(2,3)19-11-13-10-15(5-6-16(13)25-19)24-20(27)23(8-9-23)14-4-7-18-17(12-14)26(29)21(28)30-18/h4-7,10-12,25H,8-9H2,1-3H3,(H,24,27)/q-1. The van der Waals surface area contributed by atoms with Crippen LogP contribution in [0.3, 0.4) is 0 Å². The average molecular weight is 404 g/mol. The van der Waals surface area contributed by atoms with E-state index in [1.807, 2.05) is 18.2 Å². The number of carbonyl (C=O) groups excluding carboxylic acids is 1. The van der Waals surface area contributed by atoms with Gasteiger partial charge in [-0.1, -0.05) is 26.8 Å². The third kappa shape index (κ3) is 2.81. The molecule has 1 saturated carbocycles. The van der Waals surface area contributed by atoms with E-state index < -0.39 is 11.2 Å². The van der Waals surface area contributed by atoms with Crippen molar-refractivity contribution in [2.75, 3.05) is 5.32 Å². The SMILES string of the molecule is CC(C)(C)c1cc2cc(NC(=O)C3(c4ccc5oc(=O)n([O-])c5c4)CC3)ccc2[nH]1. The molecule has 2 aromatic carbocycles. The van der Waals surface area contributed by atoms with Gasteiger partial charge in [-0.3, -0.25) is 4.79 Å². The number of oxazole rings is 1. The fourth-order valence-corrected chi connectivity index (χ4v) is 3.93. The molecule has 7 heteroatoms. The highest BCUT2D eigenvalue weighted by molar-refractivity contribution is 6.03. The molecule has 1 fully saturated rings. The molecule has 0 aliphatic heterocycles. The Morgan fingerprint density at radius 2 is 1.93 bits per heavy atom. The number of aromatic nitrogens is 2. The fraction of sp³-hybridized carbons (Fsp3) is 0.304. The molecule has 1 amide bonds. The van der Waals surface area contributed by atoms with Gasteiger partial charge in [-0.05, 0) is 54.8 Å². The van der Waals surface area contributed by atoms with Crippen LogP contribution in [0.25, 0.3) is 22.0 Å². The van der Waals surface area contributed by atoms with Crippen molar-refractivity contribution in [2.45, 2.75) is 44.4 Å². The zero-order valence-electron chi connectivity index (χ0n) is 17.0. The van der Waals surface area contributed by atoms with Gasteiger partial charge in [-0.15, -0.1) is 0 Å². The van der Waals surface area contributed by atoms with E-state index in [1.165, 1.54) is 0 Å². The molecular formula is C23H22N3O4-. The Balaban J connectivity index is 1.45. The van der Waals surface area contributed by atoms with Crippen molar-refractivity contribution in [2.24, 2.45) is 0 Å². The minimum atomic E-state index is -0.953. The Kier molecular flexibility index (Phi) is 3.72. The second-order valence-electron chi connectivity index (χ2n) is 9.12. The lowest BCUT2D eigenvalue weighted by Crippen LogP contribution is -2.27. The zero-order valence-corrected chi connectivity index (χ0v) is 17.0. The summed E-state index contributed by atoms with van der Waals surface area (Å²) in [4.78, 5) is 28.0. The second-order valence-corrected chi connectivity index (χ2v) is 9.12. The summed E-state index contributed by atoms with van der Waals surface area (Å²) in [6.45, 7) is 6.44. The third-order valence-corrected chi connectivity index (χ3v) is 5.96. The number of fused-ring (bicyclic) bond motifs is 2. The van der Waals surface area contributed by atoms with Gasteiger partial charge in [0.05, 0.1) is 10.9 Å². The maximum absolute atomic E-state index is 13.1. The lowest BCUT2D eigenvalue weighted by molar-refractivity contribution is -0.118. The van der Waals surface area contributed by atoms with Gasteiger partial charge in [0.2, 0.25) is 5.91 Å². The average Bonchev–Trinajstić information content (AvgIpc) is 3.31. The molecule has 4 aromatic rings. The number of H-pyrrole nitrogens is 1. The predicted octanol–water partition coefficient (Wildman–Crippen LogP) is 4.39. The summed E-state index contributed by atoms with van der Waals surface area (Å²) in [5.74, 6) is -1.07. The van der Waals surface area contributed by atoms with Gasteiger partial charge in [-0.25, -0.2) is 4.79 Å². The summed E-state index contributed by atoms with van der Waals surface area (Å²) in [7, 11) is 0. The van der Waals surface area contributed by atoms with E-state index in [9.17, 15) is 14.8 Å². The molecule has 154 valence electrons. The smallest absolute Gasteiger partial charge is 0.415 e. The zero-order chi connectivity index (χ0) is 21.3. The van der Waals surface area contributed by atoms with Crippen LogP contribution in [0.2, 0.25) is 0 Å². The summed E-state index contributed by atoms with van der Waals surface area (Å²) in [6.07, 6.45) is 1.37. The van der Waals surface area contributed by atoms with Crippen LogP contribution < -0.4 is 11.1 Å². The first-order valence-corrected chi connectivity index (χ1v) is 9.96. The van der Waals surface area contributed by atoms with Crippen molar-refractivity contribution in [3.63, 3.8) is 0 Å². The summed E-state index contributed by atoms with van der Waals surface area (Å²) in [5.41, 5.74) is 3.30. The van der Waals surface area contributed by atoms with Crippen molar-refractivity contribution in [1.29, 1.82) is 0 Å². The second kappa shape index (κ2) is 6.01. The third-order valence-electron chi connectivity index (χ3n) is 5.96. The molecule has 2 heterocycles. The van der Waals surface area contributed by atoms with E-state index >= 15 is 0 Å². The van der Waals surface area contributed by atoms with Gasteiger partial charge in [0, 0.05) is 27.7 Å². The van der Waals surface area contributed by atoms with E-state index in [2.05, 4.69) is 37.1 Å². The minimum absolute atomic E-state index is 0.00855. The highest BCUT2D eigenvalue weighted by atomic mass is 16.5. The van der Waals surface area contributed by atoms with Gasteiger partial charge in [0.25, 0.3) is 0 Å². The number of benzene rings is 2. The van der Waals surface area contributed by atoms with Crippen LogP contribution in [0.1, 0.15) is 44.9 Å². The van der Waals surface area contributed by atoms with Gasteiger partial charge in [0.1, 0.15) is 0 Å². The molecule has 0 spiro atoms. The van der Waals surface area contributed by atoms with Gasteiger partial charge >= 0.3 is 5.76 Å². The Morgan fingerprint density at radius 3 is 2.63 bits per heavy atom. The minimum Gasteiger partial charge on any atom is -0.801 e. The van der Waals surface area contributed by atoms with Gasteiger partial charge in [0.15, 0.2) is 5.58 Å². The molecule has 1 aliphatic carbocycles. The van der Waals surface area contributed by atoms with Crippen LogP contribution in [0.15, 0.2) is 51.7 Å². The molecule has 0 unspecified atom stereocenters. The first-order valence-electron chi connectivity index (χ1n) is 9.96. The predicted molar refractivity (Wildman–Crippen MR) is 116 cm³/mol. The molecule has 0 bridgehead atoms. The largest absolute Gasteiger partial charge is 0.801 e. The number of rotatable bonds is 3. The maximum Gasteiger partial charge on any atom is 0.415 e. The molecule has 1 aliphatic rings. The Labute approximate surface area is 172 Å². The van der Waals surface area contributed by atoms with E-state index in [0.717, 1.165) is 27.8 Å². The van der Waals surface area contributed by atoms with Crippen molar-refractivity contribution >= 4 is 33.6 Å². The van der Waals surface area contributed by atoms with Crippen LogP contribution in [0.5, 0.6) is 0 Å². The number of nitrogens with one attached hydrogen (secondary N) is 2. The van der Waals surface area contributed by atoms with E-state index in [0.29, 0.717) is 12.8 Å². The highest BCUT2D eigenvalue weighted by Gasteiger charge is 2.51. The van der Waals surface area contributed by atoms with Crippen molar-refractivity contribution in [1.82, 2.24) is 9.71 Å². The molecular weight excluding hydrogens is 382 g/mol. The first kappa shape index (κ1) is 18.5. The lowest BCUT2D eigenvalue weighted by atomic mass is 9.92. The molecule has 2 aromatic heterocycles. The Hall–Kier alpha value is -3.48. The Morgan fingerprint density at radius 1 is 1.17 bits per heavy atom. The molecule has 0 atom stereocenters. The van der Waals surface area contributed by atoms with Crippen LogP contribution in [-0.2, 0) is 15.6 Å². The van der Waals surface area contributed by atoms with Crippen molar-refractivity contribution in [3.8, 4) is 0 Å². The van der Waals surface area contributed by atoms with Crippen LogP contribution in [0.4, 0.5) is 5.69 Å². The first-order chi connectivity index (χ1) is 14.2. The molecule has 0 radical (unpaired) electrons. The quantitative estimate of drug-likeness (QED) is 0.528. The van der Waals surface area contributed by atoms with Crippen molar-refractivity contribution in [3.05, 3.63) is 69.5 Å². The summed E-state index contributed by atoms with van der Waals surface area (Å²) in [5, 5.41) is 16.0. The van der Waals surface area contributed by atoms with E-state index in [1.54, 1.807) is 18.2 Å². The number of hydrogen-bond acceptors (Lipinski definition) is 4. The number of anilines is 1. The number of carbonyl (C=O) groups is 1. The summed E-state index contributed by atoms with van der Waals surface area (Å²) in [6, 6.07) is 12.8. The highest BCUT2D eigenvalue weighted by Crippen LogP contribution is 2.49. The van der Waals surface area contributed by atoms with Crippen LogP contribution >= 0.6 is 0 Å². The number of aromatic amines is 1. The molecule has 5 rings (SSSR count). The molecule has 2 N–H and O–H groups in total. The Bertz CT molecular complexity index is 1360. The van der Waals surface area contributed by atoms with E-state index in [-0.39, 0.29) is 27.2 Å². The summed E-state index contributed by atoms with van der Waals surface area (Å²) >= 11 is 0. The molecule has 0 saturated heterocycles. The lowest BCUT2D eigenvalue weighted by Gasteiger charge is -2.16. The number of hydrogen-bond donors (Lipinski definition) is 2. The van der Waals surface area contributed by atoms with E-state index in [4.69, 9.17) is 4.42 Å². The molecule has 7 nitrogen and oxygen atoms in total. The number of nitrogens with zero attached hydrogens (tertiary/aromatic N) is 1. The topological polar surface area (TPSA) is 103 Å². The maximum atomic E-state index is 13.1. The van der Waals surface area contributed by atoms with Crippen molar-refractivity contribution < 1.29 is 9.21 Å². The normalized spacial score (nSPS) is 15.6. The molecule has 30 heavy (non-hydrogen) atoms.